The van der Waals surface area contributed by atoms with Crippen molar-refractivity contribution in [1.82, 2.24) is 20.1 Å². The molecule has 0 bridgehead atoms. The van der Waals surface area contributed by atoms with Gasteiger partial charge in [0.25, 0.3) is 5.91 Å². The van der Waals surface area contributed by atoms with Gasteiger partial charge in [-0.2, -0.15) is 0 Å². The first-order chi connectivity index (χ1) is 16.7. The number of carbonyl (C=O) groups excluding carboxylic acids is 1. The number of nitrogens with zero attached hydrogens (tertiary/aromatic N) is 3. The number of thioether (sulfide) groups is 1. The summed E-state index contributed by atoms with van der Waals surface area (Å²) in [6.45, 7) is 1.46. The fraction of sp³-hybridized carbons (Fsp3) is 0.240. The largest absolute Gasteiger partial charge is 0.497 e. The maximum absolute atomic E-state index is 12.8. The number of hydrogen-bond donors (Lipinski definition) is 1. The second kappa shape index (κ2) is 11.5. The van der Waals surface area contributed by atoms with Crippen molar-refractivity contribution in [3.05, 3.63) is 83.8 Å². The lowest BCUT2D eigenvalue weighted by Gasteiger charge is -2.12. The van der Waals surface area contributed by atoms with Gasteiger partial charge in [0.15, 0.2) is 11.0 Å². The minimum absolute atomic E-state index is 0.148. The minimum Gasteiger partial charge on any atom is -0.497 e. The van der Waals surface area contributed by atoms with Crippen molar-refractivity contribution in [3.8, 4) is 17.1 Å². The highest BCUT2D eigenvalue weighted by molar-refractivity contribution is 7.98. The Labute approximate surface area is 202 Å². The van der Waals surface area contributed by atoms with E-state index in [9.17, 15) is 4.79 Å². The fourth-order valence-electron chi connectivity index (χ4n) is 3.44. The van der Waals surface area contributed by atoms with E-state index in [0.717, 1.165) is 27.9 Å². The Morgan fingerprint density at radius 1 is 1.09 bits per heavy atom. The van der Waals surface area contributed by atoms with Crippen LogP contribution in [-0.4, -0.2) is 41.5 Å². The molecule has 0 aliphatic carbocycles. The number of benzene rings is 2. The van der Waals surface area contributed by atoms with Gasteiger partial charge in [0.05, 0.1) is 33.1 Å². The maximum atomic E-state index is 12.8. The normalized spacial score (nSPS) is 10.9. The highest BCUT2D eigenvalue weighted by atomic mass is 32.2. The first-order valence-electron chi connectivity index (χ1n) is 10.8. The van der Waals surface area contributed by atoms with Gasteiger partial charge in [-0.3, -0.25) is 9.36 Å². The van der Waals surface area contributed by atoms with Crippen LogP contribution in [0.1, 0.15) is 21.7 Å². The molecule has 2 heterocycles. The molecule has 0 spiro atoms. The molecule has 176 valence electrons. The summed E-state index contributed by atoms with van der Waals surface area (Å²) in [5.74, 6) is 2.61. The van der Waals surface area contributed by atoms with Crippen molar-refractivity contribution in [2.45, 2.75) is 24.0 Å². The lowest BCUT2D eigenvalue weighted by atomic mass is 10.1. The van der Waals surface area contributed by atoms with Crippen molar-refractivity contribution in [3.63, 3.8) is 0 Å². The van der Waals surface area contributed by atoms with Crippen LogP contribution in [0.15, 0.2) is 76.5 Å². The Morgan fingerprint density at radius 3 is 2.76 bits per heavy atom. The third-order valence-corrected chi connectivity index (χ3v) is 6.20. The van der Waals surface area contributed by atoms with E-state index in [4.69, 9.17) is 13.9 Å². The number of ether oxygens (including phenoxy) is 2. The molecule has 0 aliphatic heterocycles. The summed E-state index contributed by atoms with van der Waals surface area (Å²) in [6, 6.07) is 18.9. The van der Waals surface area contributed by atoms with Crippen molar-refractivity contribution in [2.75, 3.05) is 20.8 Å². The van der Waals surface area contributed by atoms with E-state index in [0.29, 0.717) is 36.8 Å². The van der Waals surface area contributed by atoms with Crippen LogP contribution < -0.4 is 10.1 Å². The summed E-state index contributed by atoms with van der Waals surface area (Å²) in [5, 5.41) is 12.5. The van der Waals surface area contributed by atoms with Gasteiger partial charge in [-0.05, 0) is 35.9 Å². The molecule has 34 heavy (non-hydrogen) atoms. The second-order valence-corrected chi connectivity index (χ2v) is 8.33. The predicted octanol–water partition coefficient (Wildman–Crippen LogP) is 4.42. The van der Waals surface area contributed by atoms with Crippen LogP contribution in [0.5, 0.6) is 5.75 Å². The van der Waals surface area contributed by atoms with E-state index < -0.39 is 0 Å². The van der Waals surface area contributed by atoms with Gasteiger partial charge in [0.2, 0.25) is 0 Å². The number of nitrogens with one attached hydrogen (secondary N) is 1. The summed E-state index contributed by atoms with van der Waals surface area (Å²) >= 11 is 1.53. The van der Waals surface area contributed by atoms with E-state index in [1.807, 2.05) is 59.2 Å². The van der Waals surface area contributed by atoms with Gasteiger partial charge in [0, 0.05) is 24.0 Å². The molecule has 2 aromatic carbocycles. The van der Waals surface area contributed by atoms with Crippen LogP contribution in [0, 0.1) is 0 Å². The van der Waals surface area contributed by atoms with Gasteiger partial charge in [-0.1, -0.05) is 42.1 Å². The molecule has 0 unspecified atom stereocenters. The molecule has 0 saturated carbocycles. The van der Waals surface area contributed by atoms with E-state index in [1.165, 1.54) is 11.8 Å². The summed E-state index contributed by atoms with van der Waals surface area (Å²) < 4.78 is 18.0. The average Bonchev–Trinajstić information content (AvgIpc) is 3.55. The molecular weight excluding hydrogens is 452 g/mol. The standard InChI is InChI=1S/C25H26N4O4S/c1-31-14-12-29-23(18-8-5-9-20(15-18)32-2)27-28-25(29)34-17-19-7-3-4-11-22(19)24(30)26-16-21-10-6-13-33-21/h3-11,13,15H,12,14,16-17H2,1-2H3,(H,26,30). The van der Waals surface area contributed by atoms with Crippen molar-refractivity contribution < 1.29 is 18.7 Å². The van der Waals surface area contributed by atoms with E-state index >= 15 is 0 Å². The van der Waals surface area contributed by atoms with Crippen LogP contribution in [0.3, 0.4) is 0 Å². The van der Waals surface area contributed by atoms with Crippen molar-refractivity contribution >= 4 is 17.7 Å². The Kier molecular flexibility index (Phi) is 8.00. The highest BCUT2D eigenvalue weighted by Crippen LogP contribution is 2.29. The molecule has 4 rings (SSSR count). The Bertz CT molecular complexity index is 1220. The monoisotopic (exact) mass is 478 g/mol. The molecule has 1 amide bonds. The van der Waals surface area contributed by atoms with Gasteiger partial charge in [0.1, 0.15) is 11.5 Å². The zero-order valence-electron chi connectivity index (χ0n) is 19.1. The van der Waals surface area contributed by atoms with E-state index in [2.05, 4.69) is 15.5 Å². The molecular formula is C25H26N4O4S. The van der Waals surface area contributed by atoms with Gasteiger partial charge >= 0.3 is 0 Å². The molecule has 8 nitrogen and oxygen atoms in total. The number of carbonyl (C=O) groups is 1. The highest BCUT2D eigenvalue weighted by Gasteiger charge is 2.17. The fourth-order valence-corrected chi connectivity index (χ4v) is 4.41. The molecule has 0 radical (unpaired) electrons. The molecule has 0 fully saturated rings. The van der Waals surface area contributed by atoms with Gasteiger partial charge in [-0.15, -0.1) is 10.2 Å². The van der Waals surface area contributed by atoms with Crippen molar-refractivity contribution in [2.24, 2.45) is 0 Å². The molecule has 9 heteroatoms. The van der Waals surface area contributed by atoms with Crippen LogP contribution in [0.4, 0.5) is 0 Å². The first-order valence-corrected chi connectivity index (χ1v) is 11.8. The molecule has 2 aromatic heterocycles. The predicted molar refractivity (Wildman–Crippen MR) is 130 cm³/mol. The van der Waals surface area contributed by atoms with Crippen LogP contribution in [0.25, 0.3) is 11.4 Å². The summed E-state index contributed by atoms with van der Waals surface area (Å²) in [5.41, 5.74) is 2.44. The van der Waals surface area contributed by atoms with Crippen LogP contribution in [-0.2, 0) is 23.6 Å². The van der Waals surface area contributed by atoms with E-state index in [-0.39, 0.29) is 5.91 Å². The number of furan rings is 1. The average molecular weight is 479 g/mol. The second-order valence-electron chi connectivity index (χ2n) is 7.39. The van der Waals surface area contributed by atoms with Gasteiger partial charge < -0.3 is 19.2 Å². The van der Waals surface area contributed by atoms with Crippen molar-refractivity contribution in [1.29, 1.82) is 0 Å². The Balaban J connectivity index is 1.52. The summed E-state index contributed by atoms with van der Waals surface area (Å²) in [7, 11) is 3.30. The van der Waals surface area contributed by atoms with Crippen LogP contribution >= 0.6 is 11.8 Å². The molecule has 0 saturated heterocycles. The first kappa shape index (κ1) is 23.6. The number of aromatic nitrogens is 3. The summed E-state index contributed by atoms with van der Waals surface area (Å²) in [6.07, 6.45) is 1.59. The molecule has 0 aliphatic rings. The third kappa shape index (κ3) is 5.67. The zero-order chi connectivity index (χ0) is 23.8. The topological polar surface area (TPSA) is 91.4 Å². The molecule has 0 atom stereocenters. The number of hydrogen-bond acceptors (Lipinski definition) is 7. The quantitative estimate of drug-likeness (QED) is 0.319. The maximum Gasteiger partial charge on any atom is 0.251 e. The lowest BCUT2D eigenvalue weighted by Crippen LogP contribution is -2.23. The molecule has 4 aromatic rings. The van der Waals surface area contributed by atoms with E-state index in [1.54, 1.807) is 26.5 Å². The number of rotatable bonds is 11. The van der Waals surface area contributed by atoms with Gasteiger partial charge in [-0.25, -0.2) is 0 Å². The minimum atomic E-state index is -0.148. The third-order valence-electron chi connectivity index (χ3n) is 5.19. The smallest absolute Gasteiger partial charge is 0.251 e. The Hall–Kier alpha value is -3.56. The number of amides is 1. The Morgan fingerprint density at radius 2 is 1.97 bits per heavy atom. The SMILES string of the molecule is COCCn1c(SCc2ccccc2C(=O)NCc2ccco2)nnc1-c1cccc(OC)c1. The lowest BCUT2D eigenvalue weighted by molar-refractivity contribution is 0.0947. The summed E-state index contributed by atoms with van der Waals surface area (Å²) in [4.78, 5) is 12.8. The number of methoxy groups -OCH3 is 2. The van der Waals surface area contributed by atoms with Crippen LogP contribution in [0.2, 0.25) is 0 Å². The zero-order valence-corrected chi connectivity index (χ0v) is 19.9. The molecule has 1 N–H and O–H groups in total.